The molecule has 1 aromatic carbocycles. The van der Waals surface area contributed by atoms with Gasteiger partial charge in [-0.15, -0.1) is 0 Å². The van der Waals surface area contributed by atoms with E-state index in [-0.39, 0.29) is 6.04 Å². The van der Waals surface area contributed by atoms with Crippen molar-refractivity contribution < 1.29 is 4.74 Å². The van der Waals surface area contributed by atoms with Crippen molar-refractivity contribution in [2.45, 2.75) is 32.2 Å². The third-order valence-electron chi connectivity index (χ3n) is 3.16. The molecule has 16 heavy (non-hydrogen) atoms. The van der Waals surface area contributed by atoms with Gasteiger partial charge in [0.15, 0.2) is 0 Å². The molecule has 0 aromatic heterocycles. The highest BCUT2D eigenvalue weighted by Crippen LogP contribution is 2.31. The zero-order valence-corrected chi connectivity index (χ0v) is 11.2. The van der Waals surface area contributed by atoms with Crippen LogP contribution in [0.1, 0.15) is 37.8 Å². The van der Waals surface area contributed by atoms with Crippen molar-refractivity contribution in [1.29, 1.82) is 0 Å². The highest BCUT2D eigenvalue weighted by molar-refractivity contribution is 9.10. The van der Waals surface area contributed by atoms with E-state index in [2.05, 4.69) is 15.9 Å². The molecule has 1 fully saturated rings. The molecule has 0 unspecified atom stereocenters. The number of ether oxygens (including phenoxy) is 1. The average molecular weight is 284 g/mol. The van der Waals surface area contributed by atoms with Crippen molar-refractivity contribution >= 4 is 15.9 Å². The van der Waals surface area contributed by atoms with Crippen molar-refractivity contribution in [3.63, 3.8) is 0 Å². The Hall–Kier alpha value is -0.540. The monoisotopic (exact) mass is 283 g/mol. The van der Waals surface area contributed by atoms with Gasteiger partial charge in [0.2, 0.25) is 0 Å². The van der Waals surface area contributed by atoms with Gasteiger partial charge in [-0.05, 0) is 43.9 Å². The van der Waals surface area contributed by atoms with Gasteiger partial charge in [-0.1, -0.05) is 22.4 Å². The maximum Gasteiger partial charge on any atom is 0.124 e. The number of benzene rings is 1. The lowest BCUT2D eigenvalue weighted by Gasteiger charge is -2.26. The van der Waals surface area contributed by atoms with E-state index < -0.39 is 0 Å². The lowest BCUT2D eigenvalue weighted by molar-refractivity contribution is 0.179. The number of hydrogen-bond acceptors (Lipinski definition) is 2. The number of hydrogen-bond donors (Lipinski definition) is 1. The Kier molecular flexibility index (Phi) is 3.87. The summed E-state index contributed by atoms with van der Waals surface area (Å²) in [5.41, 5.74) is 7.01. The molecule has 1 aliphatic carbocycles. The molecule has 2 N–H and O–H groups in total. The third-order valence-corrected chi connectivity index (χ3v) is 3.65. The molecule has 0 bridgehead atoms. The van der Waals surface area contributed by atoms with Crippen LogP contribution in [0.3, 0.4) is 0 Å². The van der Waals surface area contributed by atoms with E-state index in [1.165, 1.54) is 19.3 Å². The second kappa shape index (κ2) is 5.19. The first-order chi connectivity index (χ1) is 7.66. The largest absolute Gasteiger partial charge is 0.493 e. The minimum Gasteiger partial charge on any atom is -0.493 e. The molecular formula is C13H18BrNO. The van der Waals surface area contributed by atoms with Crippen LogP contribution in [0.2, 0.25) is 0 Å². The van der Waals surface area contributed by atoms with Crippen LogP contribution in [0, 0.1) is 5.92 Å². The maximum atomic E-state index is 5.94. The first-order valence-electron chi connectivity index (χ1n) is 5.84. The predicted molar refractivity (Wildman–Crippen MR) is 69.6 cm³/mol. The van der Waals surface area contributed by atoms with Gasteiger partial charge in [0, 0.05) is 16.1 Å². The van der Waals surface area contributed by atoms with Crippen molar-refractivity contribution in [2.24, 2.45) is 11.7 Å². The quantitative estimate of drug-likeness (QED) is 0.916. The molecule has 3 heteroatoms. The van der Waals surface area contributed by atoms with Gasteiger partial charge in [-0.2, -0.15) is 0 Å². The Morgan fingerprint density at radius 1 is 1.50 bits per heavy atom. The smallest absolute Gasteiger partial charge is 0.124 e. The average Bonchev–Trinajstić information content (AvgIpc) is 2.17. The zero-order valence-electron chi connectivity index (χ0n) is 9.58. The van der Waals surface area contributed by atoms with Gasteiger partial charge >= 0.3 is 0 Å². The highest BCUT2D eigenvalue weighted by atomic mass is 79.9. The van der Waals surface area contributed by atoms with E-state index in [1.807, 2.05) is 25.1 Å². The molecule has 1 atom stereocenters. The standard InChI is InChI=1S/C13H18BrNO/c1-9(15)12-7-11(14)5-6-13(12)16-8-10-3-2-4-10/h5-7,9-10H,2-4,8,15H2,1H3/t9-/m1/s1. The number of halogens is 1. The van der Waals surface area contributed by atoms with Crippen LogP contribution in [-0.4, -0.2) is 6.61 Å². The van der Waals surface area contributed by atoms with Crippen LogP contribution in [0.15, 0.2) is 22.7 Å². The van der Waals surface area contributed by atoms with Crippen LogP contribution in [0.5, 0.6) is 5.75 Å². The molecule has 0 aliphatic heterocycles. The minimum atomic E-state index is 0.00823. The Bertz CT molecular complexity index is 361. The molecule has 1 aliphatic rings. The fourth-order valence-electron chi connectivity index (χ4n) is 1.87. The molecule has 1 saturated carbocycles. The Morgan fingerprint density at radius 3 is 2.81 bits per heavy atom. The maximum absolute atomic E-state index is 5.94. The summed E-state index contributed by atoms with van der Waals surface area (Å²) in [5, 5.41) is 0. The van der Waals surface area contributed by atoms with E-state index in [0.717, 1.165) is 28.3 Å². The van der Waals surface area contributed by atoms with Crippen LogP contribution in [-0.2, 0) is 0 Å². The molecule has 2 nitrogen and oxygen atoms in total. The fraction of sp³-hybridized carbons (Fsp3) is 0.538. The molecule has 0 heterocycles. The van der Waals surface area contributed by atoms with E-state index in [9.17, 15) is 0 Å². The van der Waals surface area contributed by atoms with E-state index in [4.69, 9.17) is 10.5 Å². The van der Waals surface area contributed by atoms with E-state index in [0.29, 0.717) is 0 Å². The van der Waals surface area contributed by atoms with Gasteiger partial charge in [-0.3, -0.25) is 0 Å². The molecule has 2 rings (SSSR count). The van der Waals surface area contributed by atoms with Gasteiger partial charge in [-0.25, -0.2) is 0 Å². The molecule has 0 radical (unpaired) electrons. The van der Waals surface area contributed by atoms with Crippen LogP contribution in [0.4, 0.5) is 0 Å². The summed E-state index contributed by atoms with van der Waals surface area (Å²) in [6, 6.07) is 6.05. The second-order valence-electron chi connectivity index (χ2n) is 4.58. The lowest BCUT2D eigenvalue weighted by Crippen LogP contribution is -2.20. The highest BCUT2D eigenvalue weighted by Gasteiger charge is 2.19. The molecular weight excluding hydrogens is 266 g/mol. The normalized spacial score (nSPS) is 17.9. The van der Waals surface area contributed by atoms with E-state index in [1.54, 1.807) is 0 Å². The summed E-state index contributed by atoms with van der Waals surface area (Å²) < 4.78 is 6.91. The van der Waals surface area contributed by atoms with Gasteiger partial charge in [0.05, 0.1) is 6.61 Å². The minimum absolute atomic E-state index is 0.00823. The van der Waals surface area contributed by atoms with Gasteiger partial charge in [0.1, 0.15) is 5.75 Å². The molecule has 0 spiro atoms. The summed E-state index contributed by atoms with van der Waals surface area (Å²) in [7, 11) is 0. The van der Waals surface area contributed by atoms with Crippen molar-refractivity contribution in [3.05, 3.63) is 28.2 Å². The Balaban J connectivity index is 2.05. The molecule has 0 amide bonds. The summed E-state index contributed by atoms with van der Waals surface area (Å²) in [4.78, 5) is 0. The summed E-state index contributed by atoms with van der Waals surface area (Å²) in [6.45, 7) is 2.82. The second-order valence-corrected chi connectivity index (χ2v) is 5.49. The topological polar surface area (TPSA) is 35.2 Å². The number of nitrogens with two attached hydrogens (primary N) is 1. The summed E-state index contributed by atoms with van der Waals surface area (Å²) >= 11 is 3.46. The zero-order chi connectivity index (χ0) is 11.5. The predicted octanol–water partition coefficient (Wildman–Crippen LogP) is 3.65. The number of rotatable bonds is 4. The summed E-state index contributed by atoms with van der Waals surface area (Å²) in [6.07, 6.45) is 3.97. The summed E-state index contributed by atoms with van der Waals surface area (Å²) in [5.74, 6) is 1.69. The Morgan fingerprint density at radius 2 is 2.25 bits per heavy atom. The first-order valence-corrected chi connectivity index (χ1v) is 6.64. The van der Waals surface area contributed by atoms with Crippen LogP contribution in [0.25, 0.3) is 0 Å². The molecule has 1 aromatic rings. The Labute approximate surface area is 105 Å². The van der Waals surface area contributed by atoms with Gasteiger partial charge < -0.3 is 10.5 Å². The van der Waals surface area contributed by atoms with Crippen LogP contribution < -0.4 is 10.5 Å². The fourth-order valence-corrected chi connectivity index (χ4v) is 2.25. The van der Waals surface area contributed by atoms with E-state index >= 15 is 0 Å². The first kappa shape index (κ1) is 11.9. The molecule has 0 saturated heterocycles. The SMILES string of the molecule is C[C@@H](N)c1cc(Br)ccc1OCC1CCC1. The van der Waals surface area contributed by atoms with Crippen molar-refractivity contribution in [2.75, 3.05) is 6.61 Å². The third kappa shape index (κ3) is 2.77. The van der Waals surface area contributed by atoms with Crippen LogP contribution >= 0.6 is 15.9 Å². The van der Waals surface area contributed by atoms with Gasteiger partial charge in [0.25, 0.3) is 0 Å². The van der Waals surface area contributed by atoms with Crippen molar-refractivity contribution in [3.8, 4) is 5.75 Å². The molecule has 88 valence electrons. The lowest BCUT2D eigenvalue weighted by atomic mass is 9.86. The van der Waals surface area contributed by atoms with Crippen molar-refractivity contribution in [1.82, 2.24) is 0 Å².